The van der Waals surface area contributed by atoms with E-state index in [-0.39, 0.29) is 23.8 Å². The molecule has 0 aliphatic carbocycles. The molecule has 8 heteroatoms. The summed E-state index contributed by atoms with van der Waals surface area (Å²) in [6, 6.07) is -0.300. The van der Waals surface area contributed by atoms with Gasteiger partial charge in [-0.25, -0.2) is 4.98 Å². The van der Waals surface area contributed by atoms with Crippen molar-refractivity contribution in [3.05, 3.63) is 29.0 Å². The lowest BCUT2D eigenvalue weighted by molar-refractivity contribution is -0.140. The smallest absolute Gasteiger partial charge is 0.231 e. The van der Waals surface area contributed by atoms with Crippen molar-refractivity contribution in [3.63, 3.8) is 0 Å². The monoisotopic (exact) mass is 347 g/mol. The Morgan fingerprint density at radius 2 is 2.25 bits per heavy atom. The molecule has 7 nitrogen and oxygen atoms in total. The predicted molar refractivity (Wildman–Crippen MR) is 91.6 cm³/mol. The molecule has 2 aromatic rings. The number of rotatable bonds is 4. The van der Waals surface area contributed by atoms with Gasteiger partial charge in [0.2, 0.25) is 11.8 Å². The Bertz CT molecular complexity index is 753. The topological polar surface area (TPSA) is 80.1 Å². The number of anilines is 1. The summed E-state index contributed by atoms with van der Waals surface area (Å²) in [4.78, 5) is 31.0. The second-order valence-electron chi connectivity index (χ2n) is 6.03. The Morgan fingerprint density at radius 1 is 1.46 bits per heavy atom. The third-order valence-corrected chi connectivity index (χ3v) is 5.21. The Balaban J connectivity index is 1.83. The number of carbonyl (C=O) groups is 2. The van der Waals surface area contributed by atoms with Crippen LogP contribution in [0.4, 0.5) is 5.13 Å². The molecule has 0 aromatic carbocycles. The van der Waals surface area contributed by atoms with E-state index in [2.05, 4.69) is 15.4 Å². The van der Waals surface area contributed by atoms with E-state index in [1.165, 1.54) is 11.3 Å². The lowest BCUT2D eigenvalue weighted by Crippen LogP contribution is -2.44. The van der Waals surface area contributed by atoms with Crippen LogP contribution in [0.5, 0.6) is 0 Å². The third kappa shape index (κ3) is 3.19. The van der Waals surface area contributed by atoms with E-state index in [1.807, 2.05) is 25.5 Å². The number of amides is 2. The number of likely N-dealkylation sites (tertiary alicyclic amines) is 1. The largest absolute Gasteiger partial charge is 0.338 e. The normalized spacial score (nSPS) is 21.1. The maximum absolute atomic E-state index is 12.8. The fourth-order valence-electron chi connectivity index (χ4n) is 3.09. The maximum atomic E-state index is 12.8. The number of thiazole rings is 1. The molecule has 1 fully saturated rings. The van der Waals surface area contributed by atoms with Gasteiger partial charge >= 0.3 is 0 Å². The highest BCUT2D eigenvalue weighted by atomic mass is 32.1. The lowest BCUT2D eigenvalue weighted by Gasteiger charge is -2.37. The molecule has 2 aromatic heterocycles. The van der Waals surface area contributed by atoms with E-state index in [9.17, 15) is 9.59 Å². The average Bonchev–Trinajstić information content (AvgIpc) is 3.18. The Morgan fingerprint density at radius 3 is 2.88 bits per heavy atom. The van der Waals surface area contributed by atoms with Crippen molar-refractivity contribution in [1.82, 2.24) is 19.7 Å². The summed E-state index contributed by atoms with van der Waals surface area (Å²) in [5.41, 5.74) is 1.84. The molecular formula is C16H21N5O2S. The number of aryl methyl sites for hydroxylation is 2. The molecule has 1 aliphatic heterocycles. The van der Waals surface area contributed by atoms with Crippen molar-refractivity contribution >= 4 is 28.3 Å². The van der Waals surface area contributed by atoms with E-state index >= 15 is 0 Å². The molecule has 2 amide bonds. The van der Waals surface area contributed by atoms with Gasteiger partial charge in [-0.05, 0) is 12.8 Å². The minimum Gasteiger partial charge on any atom is -0.338 e. The number of piperidine rings is 1. The molecule has 1 saturated heterocycles. The minimum absolute atomic E-state index is 0.0513. The van der Waals surface area contributed by atoms with Crippen molar-refractivity contribution in [1.29, 1.82) is 0 Å². The Kier molecular flexibility index (Phi) is 4.66. The fourth-order valence-corrected chi connectivity index (χ4v) is 3.88. The summed E-state index contributed by atoms with van der Waals surface area (Å²) in [6.45, 7) is 2.03. The van der Waals surface area contributed by atoms with Gasteiger partial charge in [0, 0.05) is 37.7 Å². The van der Waals surface area contributed by atoms with Crippen LogP contribution in [0, 0.1) is 5.92 Å². The van der Waals surface area contributed by atoms with E-state index in [0.29, 0.717) is 18.0 Å². The zero-order valence-electron chi connectivity index (χ0n) is 14.0. The van der Waals surface area contributed by atoms with Crippen LogP contribution >= 0.6 is 11.3 Å². The average molecular weight is 347 g/mol. The minimum atomic E-state index is -0.314. The number of hydrogen-bond donors (Lipinski definition) is 1. The van der Waals surface area contributed by atoms with Crippen molar-refractivity contribution in [2.45, 2.75) is 32.2 Å². The first kappa shape index (κ1) is 16.6. The second kappa shape index (κ2) is 6.72. The summed E-state index contributed by atoms with van der Waals surface area (Å²) in [6.07, 6.45) is 5.33. The van der Waals surface area contributed by atoms with Gasteiger partial charge in [0.15, 0.2) is 5.13 Å². The fraction of sp³-hybridized carbons (Fsp3) is 0.500. The molecule has 2 atom stereocenters. The van der Waals surface area contributed by atoms with E-state index in [1.54, 1.807) is 22.8 Å². The van der Waals surface area contributed by atoms with Gasteiger partial charge in [-0.3, -0.25) is 14.3 Å². The summed E-state index contributed by atoms with van der Waals surface area (Å²) in [5.74, 6) is -0.360. The van der Waals surface area contributed by atoms with Crippen LogP contribution in [-0.2, 0) is 23.1 Å². The molecule has 0 spiro atoms. The molecular weight excluding hydrogens is 326 g/mol. The summed E-state index contributed by atoms with van der Waals surface area (Å²) >= 11 is 1.43. The number of nitrogens with one attached hydrogen (secondary N) is 1. The van der Waals surface area contributed by atoms with Crippen LogP contribution in [0.3, 0.4) is 0 Å². The predicted octanol–water partition coefficient (Wildman–Crippen LogP) is 1.99. The van der Waals surface area contributed by atoms with Crippen LogP contribution in [0.15, 0.2) is 17.8 Å². The van der Waals surface area contributed by atoms with Gasteiger partial charge in [-0.1, -0.05) is 6.92 Å². The van der Waals surface area contributed by atoms with Crippen LogP contribution < -0.4 is 5.32 Å². The molecule has 128 valence electrons. The molecule has 3 rings (SSSR count). The number of nitrogens with zero attached hydrogens (tertiary/aromatic N) is 4. The molecule has 1 N–H and O–H groups in total. The molecule has 24 heavy (non-hydrogen) atoms. The van der Waals surface area contributed by atoms with E-state index < -0.39 is 0 Å². The first-order chi connectivity index (χ1) is 11.5. The summed E-state index contributed by atoms with van der Waals surface area (Å²) < 4.78 is 1.69. The summed E-state index contributed by atoms with van der Waals surface area (Å²) in [7, 11) is 3.57. The molecule has 3 heterocycles. The van der Waals surface area contributed by atoms with Crippen molar-refractivity contribution in [2.75, 3.05) is 12.4 Å². The third-order valence-electron chi connectivity index (χ3n) is 4.41. The van der Waals surface area contributed by atoms with Gasteiger partial charge in [-0.2, -0.15) is 5.10 Å². The number of hydrogen-bond acceptors (Lipinski definition) is 5. The zero-order valence-corrected chi connectivity index (χ0v) is 14.8. The highest BCUT2D eigenvalue weighted by Crippen LogP contribution is 2.36. The zero-order chi connectivity index (χ0) is 17.3. The van der Waals surface area contributed by atoms with Crippen LogP contribution in [0.25, 0.3) is 0 Å². The molecule has 0 radical (unpaired) electrons. The van der Waals surface area contributed by atoms with E-state index in [4.69, 9.17) is 0 Å². The van der Waals surface area contributed by atoms with Crippen molar-refractivity contribution in [3.8, 4) is 0 Å². The van der Waals surface area contributed by atoms with Gasteiger partial charge < -0.3 is 10.2 Å². The van der Waals surface area contributed by atoms with Crippen LogP contribution in [-0.4, -0.2) is 38.5 Å². The molecule has 0 unspecified atom stereocenters. The van der Waals surface area contributed by atoms with Gasteiger partial charge in [0.1, 0.15) is 0 Å². The van der Waals surface area contributed by atoms with Crippen molar-refractivity contribution < 1.29 is 9.59 Å². The first-order valence-electron chi connectivity index (χ1n) is 7.99. The highest BCUT2D eigenvalue weighted by Gasteiger charge is 2.39. The Labute approximate surface area is 144 Å². The first-order valence-corrected chi connectivity index (χ1v) is 8.87. The van der Waals surface area contributed by atoms with Crippen LogP contribution in [0.1, 0.15) is 37.1 Å². The molecule has 0 saturated carbocycles. The number of aromatic nitrogens is 3. The number of carbonyl (C=O) groups excluding carboxylic acids is 2. The Hall–Kier alpha value is -2.22. The quantitative estimate of drug-likeness (QED) is 0.917. The van der Waals surface area contributed by atoms with Crippen LogP contribution in [0.2, 0.25) is 0 Å². The highest BCUT2D eigenvalue weighted by molar-refractivity contribution is 7.13. The molecule has 1 aliphatic rings. The second-order valence-corrected chi connectivity index (χ2v) is 6.89. The van der Waals surface area contributed by atoms with E-state index in [0.717, 1.165) is 17.7 Å². The standard InChI is InChI=1S/C16H21N5O2S/c1-4-11-9-24-16(18-11)19-15(23)12-5-6-13(22)21(3)14(12)10-7-17-20(2)8-10/h7-9,12,14H,4-6H2,1-3H3,(H,18,19,23)/t12-,14-/m1/s1. The summed E-state index contributed by atoms with van der Waals surface area (Å²) in [5, 5.41) is 9.65. The van der Waals surface area contributed by atoms with Gasteiger partial charge in [0.25, 0.3) is 0 Å². The van der Waals surface area contributed by atoms with Gasteiger partial charge in [-0.15, -0.1) is 11.3 Å². The van der Waals surface area contributed by atoms with Gasteiger partial charge in [0.05, 0.1) is 23.9 Å². The lowest BCUT2D eigenvalue weighted by atomic mass is 9.85. The van der Waals surface area contributed by atoms with Crippen molar-refractivity contribution in [2.24, 2.45) is 13.0 Å². The SMILES string of the molecule is CCc1csc(NC(=O)[C@@H]2CCC(=O)N(C)[C@@H]2c2cnn(C)c2)n1. The molecule has 0 bridgehead atoms. The maximum Gasteiger partial charge on any atom is 0.231 e.